The molecule has 0 saturated heterocycles. The van der Waals surface area contributed by atoms with E-state index >= 15 is 0 Å². The molecule has 0 bridgehead atoms. The van der Waals surface area contributed by atoms with Crippen molar-refractivity contribution >= 4 is 17.3 Å². The second kappa shape index (κ2) is 5.13. The van der Waals surface area contributed by atoms with Gasteiger partial charge >= 0.3 is 0 Å². The van der Waals surface area contributed by atoms with Gasteiger partial charge in [-0.3, -0.25) is 4.79 Å². The van der Waals surface area contributed by atoms with E-state index in [1.54, 1.807) is 24.1 Å². The van der Waals surface area contributed by atoms with Gasteiger partial charge in [0.1, 0.15) is 5.75 Å². The Bertz CT molecular complexity index is 710. The first-order valence-electron chi connectivity index (χ1n) is 6.96. The predicted molar refractivity (Wildman–Crippen MR) is 84.0 cm³/mol. The maximum absolute atomic E-state index is 12.5. The van der Waals surface area contributed by atoms with Crippen molar-refractivity contribution < 1.29 is 9.53 Å². The van der Waals surface area contributed by atoms with Gasteiger partial charge in [-0.25, -0.2) is 0 Å². The molecule has 0 fully saturated rings. The molecule has 1 aliphatic rings. The highest BCUT2D eigenvalue weighted by molar-refractivity contribution is 6.06. The number of fused-ring (bicyclic) bond motifs is 1. The van der Waals surface area contributed by atoms with Crippen LogP contribution in [-0.4, -0.2) is 19.6 Å². The molecular weight excluding hydrogens is 264 g/mol. The lowest BCUT2D eigenvalue weighted by molar-refractivity contribution is 0.0993. The smallest absolute Gasteiger partial charge is 0.258 e. The zero-order chi connectivity index (χ0) is 15.0. The molecule has 2 aromatic carbocycles. The average Bonchev–Trinajstić information content (AvgIpc) is 2.96. The third kappa shape index (κ3) is 2.44. The fraction of sp³-hybridized carbons (Fsp3) is 0.235. The van der Waals surface area contributed by atoms with Crippen LogP contribution in [0.4, 0.5) is 11.4 Å². The van der Waals surface area contributed by atoms with Crippen molar-refractivity contribution in [1.29, 1.82) is 0 Å². The van der Waals surface area contributed by atoms with Crippen molar-refractivity contribution in [2.45, 2.75) is 13.3 Å². The van der Waals surface area contributed by atoms with Gasteiger partial charge in [-0.1, -0.05) is 6.07 Å². The zero-order valence-electron chi connectivity index (χ0n) is 12.2. The van der Waals surface area contributed by atoms with Gasteiger partial charge < -0.3 is 15.4 Å². The third-order valence-corrected chi connectivity index (χ3v) is 3.89. The number of amides is 1. The number of rotatable bonds is 2. The molecule has 0 aliphatic carbocycles. The van der Waals surface area contributed by atoms with Crippen LogP contribution in [0.3, 0.4) is 0 Å². The molecule has 0 spiro atoms. The van der Waals surface area contributed by atoms with Crippen molar-refractivity contribution in [2.75, 3.05) is 24.3 Å². The molecule has 4 heteroatoms. The van der Waals surface area contributed by atoms with Crippen molar-refractivity contribution in [3.63, 3.8) is 0 Å². The van der Waals surface area contributed by atoms with Gasteiger partial charge in [0.05, 0.1) is 6.61 Å². The van der Waals surface area contributed by atoms with Crippen LogP contribution in [0.15, 0.2) is 36.4 Å². The molecule has 1 aliphatic heterocycles. The van der Waals surface area contributed by atoms with Crippen molar-refractivity contribution in [2.24, 2.45) is 0 Å². The quantitative estimate of drug-likeness (QED) is 0.862. The lowest BCUT2D eigenvalue weighted by Crippen LogP contribution is -2.26. The van der Waals surface area contributed by atoms with Crippen LogP contribution < -0.4 is 15.4 Å². The number of hydrogen-bond donors (Lipinski definition) is 1. The zero-order valence-corrected chi connectivity index (χ0v) is 12.2. The van der Waals surface area contributed by atoms with E-state index in [-0.39, 0.29) is 5.91 Å². The molecular formula is C17H18N2O2. The number of ether oxygens (including phenoxy) is 1. The number of carbonyl (C=O) groups excluding carboxylic acids is 1. The Hall–Kier alpha value is -2.49. The van der Waals surface area contributed by atoms with Gasteiger partial charge in [0.2, 0.25) is 0 Å². The van der Waals surface area contributed by atoms with Crippen molar-refractivity contribution in [3.05, 3.63) is 53.1 Å². The first-order valence-corrected chi connectivity index (χ1v) is 6.96. The van der Waals surface area contributed by atoms with Gasteiger partial charge in [0, 0.05) is 30.4 Å². The van der Waals surface area contributed by atoms with Crippen molar-refractivity contribution in [1.82, 2.24) is 0 Å². The van der Waals surface area contributed by atoms with Crippen LogP contribution in [0.1, 0.15) is 21.5 Å². The van der Waals surface area contributed by atoms with Gasteiger partial charge in [-0.15, -0.1) is 0 Å². The molecule has 0 atom stereocenters. The standard InChI is InChI=1S/C17H18N2O2/c1-11-3-4-13(10-15(11)18)17(20)19(2)14-5-6-16-12(9-14)7-8-21-16/h3-6,9-10H,7-8,18H2,1-2H3. The van der Waals surface area contributed by atoms with Gasteiger partial charge in [-0.2, -0.15) is 0 Å². The fourth-order valence-electron chi connectivity index (χ4n) is 2.47. The monoisotopic (exact) mass is 282 g/mol. The molecule has 0 aromatic heterocycles. The van der Waals surface area contributed by atoms with Crippen LogP contribution in [0, 0.1) is 6.92 Å². The minimum Gasteiger partial charge on any atom is -0.493 e. The molecule has 0 saturated carbocycles. The summed E-state index contributed by atoms with van der Waals surface area (Å²) in [7, 11) is 1.77. The molecule has 0 unspecified atom stereocenters. The first kappa shape index (κ1) is 13.5. The maximum Gasteiger partial charge on any atom is 0.258 e. The molecule has 4 nitrogen and oxygen atoms in total. The molecule has 2 N–H and O–H groups in total. The van der Waals surface area contributed by atoms with E-state index in [1.165, 1.54) is 0 Å². The number of aryl methyl sites for hydroxylation is 1. The number of nitrogen functional groups attached to an aromatic ring is 1. The summed E-state index contributed by atoms with van der Waals surface area (Å²) < 4.78 is 5.49. The number of benzene rings is 2. The summed E-state index contributed by atoms with van der Waals surface area (Å²) in [6, 6.07) is 11.2. The number of carbonyl (C=O) groups is 1. The number of anilines is 2. The van der Waals surface area contributed by atoms with E-state index in [0.29, 0.717) is 17.9 Å². The second-order valence-corrected chi connectivity index (χ2v) is 5.33. The van der Waals surface area contributed by atoms with Crippen LogP contribution in [0.2, 0.25) is 0 Å². The largest absolute Gasteiger partial charge is 0.493 e. The summed E-state index contributed by atoms with van der Waals surface area (Å²) in [6.45, 7) is 2.64. The summed E-state index contributed by atoms with van der Waals surface area (Å²) in [5, 5.41) is 0. The lowest BCUT2D eigenvalue weighted by Gasteiger charge is -2.18. The van der Waals surface area contributed by atoms with Crippen LogP contribution in [0.25, 0.3) is 0 Å². The molecule has 1 heterocycles. The van der Waals surface area contributed by atoms with Crippen LogP contribution >= 0.6 is 0 Å². The summed E-state index contributed by atoms with van der Waals surface area (Å²) in [6.07, 6.45) is 0.892. The van der Waals surface area contributed by atoms with Gasteiger partial charge in [-0.05, 0) is 48.4 Å². The Morgan fingerprint density at radius 2 is 2.05 bits per heavy atom. The van der Waals surface area contributed by atoms with E-state index in [2.05, 4.69) is 0 Å². The Balaban J connectivity index is 1.88. The van der Waals surface area contributed by atoms with E-state index in [4.69, 9.17) is 10.5 Å². The van der Waals surface area contributed by atoms with Crippen LogP contribution in [-0.2, 0) is 6.42 Å². The van der Waals surface area contributed by atoms with Crippen molar-refractivity contribution in [3.8, 4) is 5.75 Å². The van der Waals surface area contributed by atoms with Gasteiger partial charge in [0.25, 0.3) is 5.91 Å². The molecule has 0 radical (unpaired) electrons. The highest BCUT2D eigenvalue weighted by Gasteiger charge is 2.18. The summed E-state index contributed by atoms with van der Waals surface area (Å²) >= 11 is 0. The van der Waals surface area contributed by atoms with E-state index in [1.807, 2.05) is 31.2 Å². The Morgan fingerprint density at radius 1 is 1.24 bits per heavy atom. The average molecular weight is 282 g/mol. The molecule has 2 aromatic rings. The Kier molecular flexibility index (Phi) is 3.29. The highest BCUT2D eigenvalue weighted by Crippen LogP contribution is 2.29. The number of nitrogens with zero attached hydrogens (tertiary/aromatic N) is 1. The van der Waals surface area contributed by atoms with E-state index in [9.17, 15) is 4.79 Å². The molecule has 3 rings (SSSR count). The molecule has 1 amide bonds. The normalized spacial score (nSPS) is 12.7. The number of nitrogens with two attached hydrogens (primary N) is 1. The van der Waals surface area contributed by atoms with Crippen LogP contribution in [0.5, 0.6) is 5.75 Å². The third-order valence-electron chi connectivity index (χ3n) is 3.89. The molecule has 21 heavy (non-hydrogen) atoms. The lowest BCUT2D eigenvalue weighted by atomic mass is 10.1. The Morgan fingerprint density at radius 3 is 2.81 bits per heavy atom. The Labute approximate surface area is 124 Å². The second-order valence-electron chi connectivity index (χ2n) is 5.33. The van der Waals surface area contributed by atoms with E-state index < -0.39 is 0 Å². The fourth-order valence-corrected chi connectivity index (χ4v) is 2.47. The SMILES string of the molecule is Cc1ccc(C(=O)N(C)c2ccc3c(c2)CCO3)cc1N. The minimum atomic E-state index is -0.0689. The highest BCUT2D eigenvalue weighted by atomic mass is 16.5. The van der Waals surface area contributed by atoms with E-state index in [0.717, 1.165) is 29.0 Å². The predicted octanol–water partition coefficient (Wildman–Crippen LogP) is 2.79. The summed E-state index contributed by atoms with van der Waals surface area (Å²) in [4.78, 5) is 14.2. The minimum absolute atomic E-state index is 0.0689. The topological polar surface area (TPSA) is 55.6 Å². The summed E-state index contributed by atoms with van der Waals surface area (Å²) in [5.74, 6) is 0.847. The summed E-state index contributed by atoms with van der Waals surface area (Å²) in [5.41, 5.74) is 10.1. The number of hydrogen-bond acceptors (Lipinski definition) is 3. The maximum atomic E-state index is 12.5. The first-order chi connectivity index (χ1) is 10.1. The van der Waals surface area contributed by atoms with Gasteiger partial charge in [0.15, 0.2) is 0 Å². The molecule has 108 valence electrons.